The number of nitrogens with one attached hydrogen (secondary N) is 1. The minimum Gasteiger partial charge on any atom is -0.345 e. The minimum atomic E-state index is -0.0886. The zero-order valence-electron chi connectivity index (χ0n) is 12.4. The van der Waals surface area contributed by atoms with Gasteiger partial charge in [0.05, 0.1) is 17.8 Å². The van der Waals surface area contributed by atoms with Gasteiger partial charge in [0.1, 0.15) is 12.2 Å². The topological polar surface area (TPSA) is 103 Å². The predicted molar refractivity (Wildman–Crippen MR) is 81.4 cm³/mol. The maximum absolute atomic E-state index is 11.8. The number of hydrogen-bond acceptors (Lipinski definition) is 5. The molecule has 4 rings (SSSR count). The number of rotatable bonds is 2. The molecule has 0 aromatic carbocycles. The number of aromatic amines is 1. The molecular formula is C15H15N7O. The average Bonchev–Trinajstić information content (AvgIpc) is 3.21. The van der Waals surface area contributed by atoms with Gasteiger partial charge in [0.15, 0.2) is 11.3 Å². The highest BCUT2D eigenvalue weighted by molar-refractivity contribution is 5.78. The summed E-state index contributed by atoms with van der Waals surface area (Å²) in [5.74, 6) is 1.07. The second-order valence-corrected chi connectivity index (χ2v) is 5.71. The second-order valence-electron chi connectivity index (χ2n) is 5.71. The van der Waals surface area contributed by atoms with Gasteiger partial charge in [-0.15, -0.1) is 10.2 Å². The van der Waals surface area contributed by atoms with Crippen molar-refractivity contribution in [2.75, 3.05) is 13.1 Å². The molecule has 1 amide bonds. The van der Waals surface area contributed by atoms with Gasteiger partial charge in [0, 0.05) is 25.2 Å². The smallest absolute Gasteiger partial charge is 0.236 e. The first kappa shape index (κ1) is 13.7. The fourth-order valence-corrected chi connectivity index (χ4v) is 3.23. The SMILES string of the molecule is N#CCC(=O)N1CCC(c2nnc3cnc4[nH]ccc4n23)CC1. The first-order valence-corrected chi connectivity index (χ1v) is 7.60. The van der Waals surface area contributed by atoms with Crippen LogP contribution in [0.2, 0.25) is 0 Å². The van der Waals surface area contributed by atoms with Crippen LogP contribution in [0.5, 0.6) is 0 Å². The van der Waals surface area contributed by atoms with E-state index in [2.05, 4.69) is 20.2 Å². The number of amides is 1. The third-order valence-electron chi connectivity index (χ3n) is 4.41. The Labute approximate surface area is 131 Å². The summed E-state index contributed by atoms with van der Waals surface area (Å²) in [7, 11) is 0. The number of hydrogen-bond donors (Lipinski definition) is 1. The second kappa shape index (κ2) is 5.35. The molecule has 0 radical (unpaired) electrons. The summed E-state index contributed by atoms with van der Waals surface area (Å²) in [6.07, 6.45) is 5.16. The Morgan fingerprint density at radius 3 is 3.00 bits per heavy atom. The molecule has 116 valence electrons. The number of piperidine rings is 1. The maximum Gasteiger partial charge on any atom is 0.236 e. The van der Waals surface area contributed by atoms with Gasteiger partial charge in [-0.2, -0.15) is 5.26 Å². The summed E-state index contributed by atoms with van der Waals surface area (Å²) in [5, 5.41) is 17.2. The number of likely N-dealkylation sites (tertiary alicyclic amines) is 1. The summed E-state index contributed by atoms with van der Waals surface area (Å²) >= 11 is 0. The Bertz CT molecular complexity index is 911. The van der Waals surface area contributed by atoms with Crippen LogP contribution in [0.3, 0.4) is 0 Å². The molecule has 23 heavy (non-hydrogen) atoms. The fraction of sp³-hybridized carbons (Fsp3) is 0.400. The molecule has 1 fully saturated rings. The molecule has 8 heteroatoms. The molecule has 1 aliphatic rings. The summed E-state index contributed by atoms with van der Waals surface area (Å²) in [4.78, 5) is 21.0. The van der Waals surface area contributed by atoms with E-state index in [0.717, 1.165) is 35.5 Å². The molecule has 4 heterocycles. The normalized spacial score (nSPS) is 16.0. The lowest BCUT2D eigenvalue weighted by atomic mass is 9.95. The van der Waals surface area contributed by atoms with Gasteiger partial charge >= 0.3 is 0 Å². The number of nitrogens with zero attached hydrogens (tertiary/aromatic N) is 6. The van der Waals surface area contributed by atoms with Gasteiger partial charge in [-0.25, -0.2) is 4.98 Å². The molecule has 1 aliphatic heterocycles. The van der Waals surface area contributed by atoms with E-state index in [4.69, 9.17) is 5.26 Å². The number of carbonyl (C=O) groups is 1. The van der Waals surface area contributed by atoms with Crippen LogP contribution in [0.4, 0.5) is 0 Å². The zero-order chi connectivity index (χ0) is 15.8. The van der Waals surface area contributed by atoms with E-state index in [1.54, 1.807) is 11.1 Å². The van der Waals surface area contributed by atoms with Crippen molar-refractivity contribution in [3.8, 4) is 6.07 Å². The highest BCUT2D eigenvalue weighted by Crippen LogP contribution is 2.28. The summed E-state index contributed by atoms with van der Waals surface area (Å²) < 4.78 is 2.04. The number of H-pyrrole nitrogens is 1. The lowest BCUT2D eigenvalue weighted by Crippen LogP contribution is -2.38. The van der Waals surface area contributed by atoms with Gasteiger partial charge < -0.3 is 9.88 Å². The lowest BCUT2D eigenvalue weighted by molar-refractivity contribution is -0.131. The minimum absolute atomic E-state index is 0.0474. The van der Waals surface area contributed by atoms with E-state index in [0.29, 0.717) is 13.1 Å². The van der Waals surface area contributed by atoms with Crippen molar-refractivity contribution in [2.24, 2.45) is 0 Å². The van der Waals surface area contributed by atoms with E-state index < -0.39 is 0 Å². The van der Waals surface area contributed by atoms with Gasteiger partial charge in [-0.05, 0) is 18.9 Å². The Kier molecular flexibility index (Phi) is 3.19. The van der Waals surface area contributed by atoms with Gasteiger partial charge in [0.2, 0.25) is 5.91 Å². The molecule has 0 spiro atoms. The quantitative estimate of drug-likeness (QED) is 0.766. The third-order valence-corrected chi connectivity index (χ3v) is 4.41. The summed E-state index contributed by atoms with van der Waals surface area (Å²) in [6.45, 7) is 1.31. The maximum atomic E-state index is 11.8. The molecule has 0 atom stereocenters. The van der Waals surface area contributed by atoms with Crippen LogP contribution in [0.1, 0.15) is 31.0 Å². The number of fused-ring (bicyclic) bond motifs is 3. The Morgan fingerprint density at radius 2 is 2.22 bits per heavy atom. The summed E-state index contributed by atoms with van der Waals surface area (Å²) in [5.41, 5.74) is 2.50. The molecule has 3 aromatic heterocycles. The van der Waals surface area contributed by atoms with Crippen LogP contribution in [-0.2, 0) is 4.79 Å². The van der Waals surface area contributed by atoms with Crippen molar-refractivity contribution in [3.05, 3.63) is 24.3 Å². The van der Waals surface area contributed by atoms with E-state index in [-0.39, 0.29) is 18.2 Å². The van der Waals surface area contributed by atoms with Crippen molar-refractivity contribution in [1.29, 1.82) is 5.26 Å². The molecule has 0 aliphatic carbocycles. The predicted octanol–water partition coefficient (Wildman–Crippen LogP) is 1.23. The fourth-order valence-electron chi connectivity index (χ4n) is 3.23. The Balaban J connectivity index is 1.63. The molecule has 0 saturated carbocycles. The monoisotopic (exact) mass is 309 g/mol. The van der Waals surface area contributed by atoms with Gasteiger partial charge in [0.25, 0.3) is 0 Å². The first-order chi connectivity index (χ1) is 11.3. The van der Waals surface area contributed by atoms with Crippen molar-refractivity contribution < 1.29 is 4.79 Å². The van der Waals surface area contributed by atoms with Crippen LogP contribution >= 0.6 is 0 Å². The van der Waals surface area contributed by atoms with E-state index in [1.165, 1.54) is 0 Å². The lowest BCUT2D eigenvalue weighted by Gasteiger charge is -2.30. The molecule has 0 unspecified atom stereocenters. The van der Waals surface area contributed by atoms with Crippen LogP contribution in [-0.4, -0.2) is 48.5 Å². The molecule has 3 aromatic rings. The highest BCUT2D eigenvalue weighted by atomic mass is 16.2. The Hall–Kier alpha value is -2.95. The van der Waals surface area contributed by atoms with E-state index in [9.17, 15) is 4.79 Å². The van der Waals surface area contributed by atoms with Crippen LogP contribution < -0.4 is 0 Å². The van der Waals surface area contributed by atoms with E-state index >= 15 is 0 Å². The van der Waals surface area contributed by atoms with Crippen LogP contribution in [0, 0.1) is 11.3 Å². The van der Waals surface area contributed by atoms with Crippen molar-refractivity contribution in [1.82, 2.24) is 29.5 Å². The largest absolute Gasteiger partial charge is 0.345 e. The van der Waals surface area contributed by atoms with Crippen molar-refractivity contribution >= 4 is 22.7 Å². The first-order valence-electron chi connectivity index (χ1n) is 7.60. The standard InChI is InChI=1S/C15H15N7O/c16-5-1-13(23)21-7-3-10(4-8-21)15-20-19-12-9-18-14-11(22(12)15)2-6-17-14/h2,6,9-10,17H,1,3-4,7-8H2. The number of carbonyl (C=O) groups excluding carboxylic acids is 1. The van der Waals surface area contributed by atoms with Crippen LogP contribution in [0.15, 0.2) is 18.5 Å². The number of aromatic nitrogens is 5. The van der Waals surface area contributed by atoms with Gasteiger partial charge in [-0.3, -0.25) is 9.20 Å². The molecule has 8 nitrogen and oxygen atoms in total. The molecule has 0 bridgehead atoms. The molecule has 1 N–H and O–H groups in total. The Morgan fingerprint density at radius 1 is 1.39 bits per heavy atom. The van der Waals surface area contributed by atoms with Crippen molar-refractivity contribution in [2.45, 2.75) is 25.2 Å². The van der Waals surface area contributed by atoms with Crippen molar-refractivity contribution in [3.63, 3.8) is 0 Å². The van der Waals surface area contributed by atoms with Crippen LogP contribution in [0.25, 0.3) is 16.8 Å². The van der Waals surface area contributed by atoms with E-state index in [1.807, 2.05) is 22.7 Å². The third kappa shape index (κ3) is 2.21. The summed E-state index contributed by atoms with van der Waals surface area (Å²) in [6, 6.07) is 3.88. The molecular weight excluding hydrogens is 294 g/mol. The number of nitriles is 1. The zero-order valence-corrected chi connectivity index (χ0v) is 12.4. The van der Waals surface area contributed by atoms with Gasteiger partial charge in [-0.1, -0.05) is 0 Å². The average molecular weight is 309 g/mol. The molecule has 1 saturated heterocycles. The highest BCUT2D eigenvalue weighted by Gasteiger charge is 2.27.